The molecule has 3 aliphatic rings. The molecular formula is C27H35F3N8O3. The first kappa shape index (κ1) is 30.3. The molecule has 3 atom stereocenters. The van der Waals surface area contributed by atoms with E-state index in [4.69, 9.17) is 10.00 Å². The number of carbonyl (C=O) groups excluding carboxylic acids is 1. The van der Waals surface area contributed by atoms with E-state index in [-0.39, 0.29) is 36.3 Å². The molecule has 0 aromatic carbocycles. The monoisotopic (exact) mass is 576 g/mol. The summed E-state index contributed by atoms with van der Waals surface area (Å²) in [6.07, 6.45) is 0.908. The number of hydrogen-bond donors (Lipinski definition) is 2. The number of aliphatic imine (C=N–C) groups is 1. The number of nitriles is 1. The molecule has 0 radical (unpaired) electrons. The molecule has 0 aliphatic carbocycles. The lowest BCUT2D eigenvalue weighted by Gasteiger charge is -2.39. The number of amidine groups is 1. The van der Waals surface area contributed by atoms with E-state index in [9.17, 15) is 22.8 Å². The van der Waals surface area contributed by atoms with Crippen molar-refractivity contribution in [2.24, 2.45) is 10.9 Å². The van der Waals surface area contributed by atoms with Crippen LogP contribution in [-0.4, -0.2) is 96.3 Å². The molecule has 0 saturated carbocycles. The van der Waals surface area contributed by atoms with Crippen molar-refractivity contribution in [3.05, 3.63) is 46.5 Å². The third-order valence-corrected chi connectivity index (χ3v) is 7.65. The first-order valence-electron chi connectivity index (χ1n) is 13.7. The summed E-state index contributed by atoms with van der Waals surface area (Å²) in [5.74, 6) is 0.413. The van der Waals surface area contributed by atoms with Crippen molar-refractivity contribution in [3.8, 4) is 6.07 Å². The van der Waals surface area contributed by atoms with Crippen LogP contribution in [0.4, 0.5) is 18.9 Å². The van der Waals surface area contributed by atoms with Gasteiger partial charge in [-0.2, -0.15) is 23.5 Å². The number of H-pyrrole nitrogens is 1. The van der Waals surface area contributed by atoms with Crippen molar-refractivity contribution in [2.45, 2.75) is 44.5 Å². The Morgan fingerprint density at radius 2 is 2.00 bits per heavy atom. The molecule has 11 nitrogen and oxygen atoms in total. The first-order chi connectivity index (χ1) is 19.6. The van der Waals surface area contributed by atoms with Crippen LogP contribution in [0.15, 0.2) is 40.4 Å². The number of allylic oxidation sites excluding steroid dienone is 1. The van der Waals surface area contributed by atoms with E-state index >= 15 is 0 Å². The lowest BCUT2D eigenvalue weighted by Crippen LogP contribution is -2.54. The van der Waals surface area contributed by atoms with E-state index < -0.39 is 17.3 Å². The molecule has 0 bridgehead atoms. The number of piperazine rings is 1. The van der Waals surface area contributed by atoms with Crippen molar-refractivity contribution in [2.75, 3.05) is 57.3 Å². The van der Waals surface area contributed by atoms with Gasteiger partial charge in [-0.05, 0) is 32.3 Å². The van der Waals surface area contributed by atoms with Gasteiger partial charge in [-0.3, -0.25) is 9.59 Å². The normalized spacial score (nSPS) is 24.4. The zero-order valence-corrected chi connectivity index (χ0v) is 23.0. The number of rotatable bonds is 7. The topological polar surface area (TPSA) is 130 Å². The Hall–Kier alpha value is -3.70. The number of hydrogen-bond acceptors (Lipinski definition) is 8. The number of halogens is 3. The van der Waals surface area contributed by atoms with Crippen molar-refractivity contribution in [3.63, 3.8) is 0 Å². The van der Waals surface area contributed by atoms with Crippen LogP contribution >= 0.6 is 0 Å². The average Bonchev–Trinajstić information content (AvgIpc) is 3.44. The van der Waals surface area contributed by atoms with E-state index in [1.807, 2.05) is 21.0 Å². The highest BCUT2D eigenvalue weighted by molar-refractivity contribution is 5.93. The third-order valence-electron chi connectivity index (χ3n) is 7.65. The predicted octanol–water partition coefficient (Wildman–Crippen LogP) is 1.91. The minimum Gasteiger partial charge on any atom is -0.375 e. The number of nitrogens with one attached hydrogen (secondary N) is 2. The number of ether oxygens (including phenoxy) is 1. The summed E-state index contributed by atoms with van der Waals surface area (Å²) in [5, 5.41) is 17.7. The van der Waals surface area contributed by atoms with E-state index in [2.05, 4.69) is 22.0 Å². The predicted molar refractivity (Wildman–Crippen MR) is 146 cm³/mol. The van der Waals surface area contributed by atoms with Gasteiger partial charge >= 0.3 is 6.18 Å². The van der Waals surface area contributed by atoms with Crippen LogP contribution < -0.4 is 15.8 Å². The molecule has 222 valence electrons. The molecule has 3 saturated heterocycles. The summed E-state index contributed by atoms with van der Waals surface area (Å²) in [6, 6.07) is 1.69. The van der Waals surface area contributed by atoms with Gasteiger partial charge < -0.3 is 24.8 Å². The van der Waals surface area contributed by atoms with Gasteiger partial charge in [0.15, 0.2) is 0 Å². The number of piperidine rings is 1. The minimum absolute atomic E-state index is 0.0367. The van der Waals surface area contributed by atoms with Gasteiger partial charge in [-0.1, -0.05) is 6.58 Å². The van der Waals surface area contributed by atoms with Gasteiger partial charge in [0.05, 0.1) is 42.6 Å². The number of alkyl halides is 3. The zero-order valence-electron chi connectivity index (χ0n) is 23.0. The SMILES string of the molecule is C=C/C(=N\C=C(/C)C#N)N1CCN(C(=O)[C@@H]2CNC[C@@H](OC[C@@H]3CCCN3c3cn[nH]c(=O)c3C(F)(F)F)C2)CC1. The smallest absolute Gasteiger partial charge is 0.375 e. The number of aromatic nitrogens is 2. The Kier molecular flexibility index (Phi) is 9.82. The maximum absolute atomic E-state index is 13.6. The van der Waals surface area contributed by atoms with E-state index in [1.165, 1.54) is 6.20 Å². The van der Waals surface area contributed by atoms with E-state index in [0.717, 1.165) is 6.20 Å². The highest BCUT2D eigenvalue weighted by Crippen LogP contribution is 2.36. The molecule has 1 amide bonds. The van der Waals surface area contributed by atoms with Crippen LogP contribution in [-0.2, 0) is 15.7 Å². The van der Waals surface area contributed by atoms with Crippen molar-refractivity contribution in [1.29, 1.82) is 5.26 Å². The fraction of sp³-hybridized carbons (Fsp3) is 0.593. The summed E-state index contributed by atoms with van der Waals surface area (Å²) in [5.41, 5.74) is -2.26. The largest absolute Gasteiger partial charge is 0.423 e. The molecule has 4 rings (SSSR count). The second-order valence-corrected chi connectivity index (χ2v) is 10.4. The number of anilines is 1. The second-order valence-electron chi connectivity index (χ2n) is 10.4. The number of nitrogens with zero attached hydrogens (tertiary/aromatic N) is 6. The van der Waals surface area contributed by atoms with Gasteiger partial charge in [-0.15, -0.1) is 0 Å². The summed E-state index contributed by atoms with van der Waals surface area (Å²) in [4.78, 5) is 35.0. The molecular weight excluding hydrogens is 541 g/mol. The number of amides is 1. The molecule has 41 heavy (non-hydrogen) atoms. The van der Waals surface area contributed by atoms with E-state index in [1.54, 1.807) is 17.9 Å². The van der Waals surface area contributed by atoms with Crippen LogP contribution in [0.1, 0.15) is 31.7 Å². The fourth-order valence-electron chi connectivity index (χ4n) is 5.54. The third kappa shape index (κ3) is 7.34. The Bertz CT molecular complexity index is 1260. The minimum atomic E-state index is -4.81. The quantitative estimate of drug-likeness (QED) is 0.286. The van der Waals surface area contributed by atoms with Crippen LogP contribution in [0, 0.1) is 17.2 Å². The van der Waals surface area contributed by atoms with Crippen LogP contribution in [0.25, 0.3) is 0 Å². The zero-order chi connectivity index (χ0) is 29.6. The summed E-state index contributed by atoms with van der Waals surface area (Å²) < 4.78 is 47.0. The highest BCUT2D eigenvalue weighted by Gasteiger charge is 2.41. The lowest BCUT2D eigenvalue weighted by atomic mass is 9.95. The van der Waals surface area contributed by atoms with Gasteiger partial charge in [0.1, 0.15) is 11.4 Å². The lowest BCUT2D eigenvalue weighted by molar-refractivity contribution is -0.139. The molecule has 0 unspecified atom stereocenters. The van der Waals surface area contributed by atoms with Crippen molar-refractivity contribution in [1.82, 2.24) is 25.3 Å². The number of carbonyl (C=O) groups is 1. The summed E-state index contributed by atoms with van der Waals surface area (Å²) in [7, 11) is 0. The van der Waals surface area contributed by atoms with Gasteiger partial charge in [0, 0.05) is 57.6 Å². The maximum atomic E-state index is 13.6. The van der Waals surface area contributed by atoms with Crippen molar-refractivity contribution >= 4 is 17.4 Å². The Morgan fingerprint density at radius 3 is 2.68 bits per heavy atom. The van der Waals surface area contributed by atoms with Gasteiger partial charge in [0.25, 0.3) is 5.56 Å². The Labute approximate surface area is 236 Å². The standard InChI is InChI=1S/C27H35F3N8O3/c1-3-23(33-13-18(2)12-31)36-7-9-37(10-8-36)26(40)19-11-21(15-32-14-19)41-17-20-5-4-6-38(20)22-16-34-35-25(39)24(22)27(28,29)30/h3,13,16,19-21,32H,1,4-11,14-15,17H2,2H3,(H,35,39)/b18-13+,33-23+/t19-,20-,21-/m0/s1. The molecule has 4 heterocycles. The Balaban J connectivity index is 1.31. The van der Waals surface area contributed by atoms with Crippen LogP contribution in [0.3, 0.4) is 0 Å². The molecule has 1 aromatic heterocycles. The molecule has 2 N–H and O–H groups in total. The van der Waals surface area contributed by atoms with Gasteiger partial charge in [0.2, 0.25) is 5.91 Å². The van der Waals surface area contributed by atoms with Crippen LogP contribution in [0.5, 0.6) is 0 Å². The maximum Gasteiger partial charge on any atom is 0.423 e. The van der Waals surface area contributed by atoms with Crippen molar-refractivity contribution < 1.29 is 22.7 Å². The fourth-order valence-corrected chi connectivity index (χ4v) is 5.54. The van der Waals surface area contributed by atoms with Gasteiger partial charge in [-0.25, -0.2) is 10.1 Å². The molecule has 3 fully saturated rings. The average molecular weight is 577 g/mol. The Morgan fingerprint density at radius 1 is 1.27 bits per heavy atom. The second kappa shape index (κ2) is 13.3. The first-order valence-corrected chi connectivity index (χ1v) is 13.7. The summed E-state index contributed by atoms with van der Waals surface area (Å²) in [6.45, 7) is 9.32. The number of aromatic amines is 1. The molecule has 14 heteroatoms. The summed E-state index contributed by atoms with van der Waals surface area (Å²) >= 11 is 0. The highest BCUT2D eigenvalue weighted by atomic mass is 19.4. The molecule has 1 aromatic rings. The van der Waals surface area contributed by atoms with E-state index in [0.29, 0.717) is 76.5 Å². The van der Waals surface area contributed by atoms with Crippen LogP contribution in [0.2, 0.25) is 0 Å². The molecule has 3 aliphatic heterocycles. The molecule has 0 spiro atoms.